The van der Waals surface area contributed by atoms with E-state index in [1.165, 1.54) is 0 Å². The lowest BCUT2D eigenvalue weighted by atomic mass is 10.1. The Morgan fingerprint density at radius 1 is 1.24 bits per heavy atom. The van der Waals surface area contributed by atoms with Crippen molar-refractivity contribution in [3.63, 3.8) is 0 Å². The molecule has 1 amide bonds. The van der Waals surface area contributed by atoms with E-state index in [1.807, 2.05) is 15.8 Å². The molecule has 2 aliphatic heterocycles. The molecule has 1 fully saturated rings. The summed E-state index contributed by atoms with van der Waals surface area (Å²) >= 11 is 0. The van der Waals surface area contributed by atoms with Gasteiger partial charge in [0.15, 0.2) is 0 Å². The molecular formula is C15H24N4O2. The van der Waals surface area contributed by atoms with Gasteiger partial charge in [-0.2, -0.15) is 5.10 Å². The quantitative estimate of drug-likeness (QED) is 0.781. The van der Waals surface area contributed by atoms with Crippen molar-refractivity contribution in [3.8, 4) is 0 Å². The Hall–Kier alpha value is -1.56. The van der Waals surface area contributed by atoms with Crippen molar-refractivity contribution in [1.29, 1.82) is 0 Å². The minimum Gasteiger partial charge on any atom is -0.372 e. The summed E-state index contributed by atoms with van der Waals surface area (Å²) in [7, 11) is 0. The second-order valence-corrected chi connectivity index (χ2v) is 6.32. The van der Waals surface area contributed by atoms with Gasteiger partial charge in [-0.1, -0.05) is 0 Å². The van der Waals surface area contributed by atoms with Gasteiger partial charge < -0.3 is 14.5 Å². The van der Waals surface area contributed by atoms with E-state index in [2.05, 4.69) is 30.8 Å². The summed E-state index contributed by atoms with van der Waals surface area (Å²) in [5.74, 6) is 0.129. The van der Waals surface area contributed by atoms with Crippen molar-refractivity contribution < 1.29 is 9.53 Å². The van der Waals surface area contributed by atoms with Crippen LogP contribution in [0, 0.1) is 0 Å². The second kappa shape index (κ2) is 5.33. The lowest BCUT2D eigenvalue weighted by Gasteiger charge is -2.38. The van der Waals surface area contributed by atoms with Gasteiger partial charge in [0.25, 0.3) is 0 Å². The van der Waals surface area contributed by atoms with Gasteiger partial charge in [-0.15, -0.1) is 0 Å². The highest BCUT2D eigenvalue weighted by atomic mass is 16.5. The van der Waals surface area contributed by atoms with Crippen LogP contribution in [0.5, 0.6) is 0 Å². The fourth-order valence-electron chi connectivity index (χ4n) is 3.45. The first-order valence-electron chi connectivity index (χ1n) is 7.68. The summed E-state index contributed by atoms with van der Waals surface area (Å²) in [6.45, 7) is 11.1. The number of fused-ring (bicyclic) bond motifs is 1. The van der Waals surface area contributed by atoms with E-state index in [4.69, 9.17) is 4.74 Å². The third kappa shape index (κ3) is 2.64. The zero-order valence-electron chi connectivity index (χ0n) is 13.2. The number of hydrogen-bond acceptors (Lipinski definition) is 4. The zero-order valence-corrected chi connectivity index (χ0v) is 13.2. The molecule has 6 nitrogen and oxygen atoms in total. The Morgan fingerprint density at radius 2 is 1.90 bits per heavy atom. The Balaban J connectivity index is 1.88. The van der Waals surface area contributed by atoms with Crippen LogP contribution >= 0.6 is 0 Å². The molecule has 3 heterocycles. The van der Waals surface area contributed by atoms with E-state index in [9.17, 15) is 4.79 Å². The molecule has 3 rings (SSSR count). The summed E-state index contributed by atoms with van der Waals surface area (Å²) in [6.07, 6.45) is 2.38. The number of rotatable bonds is 1. The first kappa shape index (κ1) is 14.4. The Kier molecular flexibility index (Phi) is 3.65. The van der Waals surface area contributed by atoms with Crippen LogP contribution in [-0.4, -0.2) is 51.9 Å². The number of carbonyl (C=O) groups excluding carboxylic acids is 1. The maximum absolute atomic E-state index is 11.8. The summed E-state index contributed by atoms with van der Waals surface area (Å²) in [4.78, 5) is 16.1. The number of hydrogen-bond donors (Lipinski definition) is 0. The van der Waals surface area contributed by atoms with E-state index in [1.54, 1.807) is 6.92 Å². The van der Waals surface area contributed by atoms with E-state index >= 15 is 0 Å². The smallest absolute Gasteiger partial charge is 0.220 e. The molecular weight excluding hydrogens is 268 g/mol. The van der Waals surface area contributed by atoms with Gasteiger partial charge in [0.05, 0.1) is 42.9 Å². The molecule has 0 spiro atoms. The minimum atomic E-state index is 0.129. The fraction of sp³-hybridized carbons (Fsp3) is 0.733. The molecule has 21 heavy (non-hydrogen) atoms. The number of nitrogens with zero attached hydrogens (tertiary/aromatic N) is 4. The molecule has 2 aliphatic rings. The molecule has 1 aromatic rings. The number of morpholine rings is 1. The maximum atomic E-state index is 11.8. The van der Waals surface area contributed by atoms with E-state index < -0.39 is 0 Å². The van der Waals surface area contributed by atoms with E-state index in [-0.39, 0.29) is 24.2 Å². The number of carbonyl (C=O) groups is 1. The highest BCUT2D eigenvalue weighted by Crippen LogP contribution is 2.29. The van der Waals surface area contributed by atoms with E-state index in [0.717, 1.165) is 31.0 Å². The fourth-order valence-corrected chi connectivity index (χ4v) is 3.45. The van der Waals surface area contributed by atoms with Crippen LogP contribution in [0.2, 0.25) is 0 Å². The van der Waals surface area contributed by atoms with Gasteiger partial charge in [-0.05, 0) is 20.8 Å². The minimum absolute atomic E-state index is 0.129. The van der Waals surface area contributed by atoms with Crippen LogP contribution in [0.4, 0.5) is 5.69 Å². The normalized spacial score (nSPS) is 29.4. The summed E-state index contributed by atoms with van der Waals surface area (Å²) in [6, 6.07) is 0.199. The van der Waals surface area contributed by atoms with Crippen LogP contribution in [0.25, 0.3) is 0 Å². The van der Waals surface area contributed by atoms with Crippen LogP contribution in [0.3, 0.4) is 0 Å². The third-order valence-electron chi connectivity index (χ3n) is 4.38. The highest BCUT2D eigenvalue weighted by Gasteiger charge is 2.31. The summed E-state index contributed by atoms with van der Waals surface area (Å²) in [5.41, 5.74) is 2.29. The molecule has 6 heteroatoms. The monoisotopic (exact) mass is 292 g/mol. The van der Waals surface area contributed by atoms with Crippen molar-refractivity contribution in [1.82, 2.24) is 14.7 Å². The van der Waals surface area contributed by atoms with E-state index in [0.29, 0.717) is 6.54 Å². The molecule has 0 aromatic carbocycles. The van der Waals surface area contributed by atoms with Crippen molar-refractivity contribution in [2.45, 2.75) is 59.0 Å². The SMILES string of the molecule is CC(=O)N1Cc2c(N3C[C@H](C)O[C@@H](C)C3)cnn2C[C@@H]1C. The Morgan fingerprint density at radius 3 is 2.52 bits per heavy atom. The lowest BCUT2D eigenvalue weighted by Crippen LogP contribution is -2.47. The van der Waals surface area contributed by atoms with Gasteiger partial charge in [-0.25, -0.2) is 0 Å². The molecule has 0 N–H and O–H groups in total. The molecule has 1 aromatic heterocycles. The molecule has 0 bridgehead atoms. The molecule has 0 unspecified atom stereocenters. The topological polar surface area (TPSA) is 50.6 Å². The number of aromatic nitrogens is 2. The second-order valence-electron chi connectivity index (χ2n) is 6.32. The van der Waals surface area contributed by atoms with Crippen molar-refractivity contribution in [2.24, 2.45) is 0 Å². The number of ether oxygens (including phenoxy) is 1. The van der Waals surface area contributed by atoms with Crippen molar-refractivity contribution in [2.75, 3.05) is 18.0 Å². The van der Waals surface area contributed by atoms with Crippen molar-refractivity contribution >= 4 is 11.6 Å². The van der Waals surface area contributed by atoms with Gasteiger partial charge in [0.1, 0.15) is 0 Å². The Labute approximate surface area is 125 Å². The molecule has 116 valence electrons. The first-order chi connectivity index (χ1) is 9.95. The average Bonchev–Trinajstić information content (AvgIpc) is 2.78. The van der Waals surface area contributed by atoms with Crippen LogP contribution in [0.1, 0.15) is 33.4 Å². The molecule has 0 radical (unpaired) electrons. The van der Waals surface area contributed by atoms with Crippen LogP contribution in [-0.2, 0) is 22.6 Å². The summed E-state index contributed by atoms with van der Waals surface area (Å²) < 4.78 is 7.85. The molecule has 3 atom stereocenters. The molecule has 0 aliphatic carbocycles. The van der Waals surface area contributed by atoms with Gasteiger partial charge >= 0.3 is 0 Å². The van der Waals surface area contributed by atoms with Crippen LogP contribution < -0.4 is 4.90 Å². The van der Waals surface area contributed by atoms with Crippen molar-refractivity contribution in [3.05, 3.63) is 11.9 Å². The maximum Gasteiger partial charge on any atom is 0.220 e. The molecule has 0 saturated carbocycles. The van der Waals surface area contributed by atoms with Crippen LogP contribution in [0.15, 0.2) is 6.20 Å². The van der Waals surface area contributed by atoms with Gasteiger partial charge in [-0.3, -0.25) is 9.48 Å². The predicted molar refractivity (Wildman–Crippen MR) is 80.1 cm³/mol. The first-order valence-corrected chi connectivity index (χ1v) is 7.68. The average molecular weight is 292 g/mol. The number of amides is 1. The lowest BCUT2D eigenvalue weighted by molar-refractivity contribution is -0.132. The molecule has 1 saturated heterocycles. The third-order valence-corrected chi connectivity index (χ3v) is 4.38. The zero-order chi connectivity index (χ0) is 15.1. The van der Waals surface area contributed by atoms with Gasteiger partial charge in [0.2, 0.25) is 5.91 Å². The predicted octanol–water partition coefficient (Wildman–Crippen LogP) is 1.25. The standard InChI is InChI=1S/C15H24N4O2/c1-10-6-19-15(9-18(10)13(4)20)14(5-16-19)17-7-11(2)21-12(3)8-17/h5,10-12H,6-9H2,1-4H3/t10-,11-,12-/m0/s1. The Bertz CT molecular complexity index is 532. The largest absolute Gasteiger partial charge is 0.372 e. The van der Waals surface area contributed by atoms with Gasteiger partial charge in [0, 0.05) is 26.1 Å². The highest BCUT2D eigenvalue weighted by molar-refractivity contribution is 5.74. The summed E-state index contributed by atoms with van der Waals surface area (Å²) in [5, 5.41) is 4.52. The number of anilines is 1.